The minimum Gasteiger partial charge on any atom is -0.497 e. The summed E-state index contributed by atoms with van der Waals surface area (Å²) in [6.07, 6.45) is 1.59. The SMILES string of the molecule is CCNc1cc(C)ncc1C(=O)Nc1cccc(OC)c1. The molecule has 1 aromatic carbocycles. The van der Waals surface area contributed by atoms with Crippen LogP contribution in [0.15, 0.2) is 36.5 Å². The van der Waals surface area contributed by atoms with E-state index in [-0.39, 0.29) is 5.91 Å². The van der Waals surface area contributed by atoms with Crippen LogP contribution in [0, 0.1) is 6.92 Å². The van der Waals surface area contributed by atoms with E-state index in [0.29, 0.717) is 17.0 Å². The maximum Gasteiger partial charge on any atom is 0.259 e. The second kappa shape index (κ2) is 6.74. The van der Waals surface area contributed by atoms with Gasteiger partial charge in [-0.3, -0.25) is 9.78 Å². The molecule has 0 saturated carbocycles. The Hall–Kier alpha value is -2.56. The Kier molecular flexibility index (Phi) is 4.77. The standard InChI is InChI=1S/C16H19N3O2/c1-4-17-15-8-11(2)18-10-14(15)16(20)19-12-6-5-7-13(9-12)21-3/h5-10H,4H2,1-3H3,(H,17,18)(H,19,20). The number of rotatable bonds is 5. The summed E-state index contributed by atoms with van der Waals surface area (Å²) in [7, 11) is 1.59. The Labute approximate surface area is 124 Å². The summed E-state index contributed by atoms with van der Waals surface area (Å²) in [5, 5.41) is 6.03. The maximum absolute atomic E-state index is 12.4. The van der Waals surface area contributed by atoms with Gasteiger partial charge in [-0.25, -0.2) is 0 Å². The topological polar surface area (TPSA) is 63.2 Å². The van der Waals surface area contributed by atoms with Gasteiger partial charge in [0.2, 0.25) is 0 Å². The molecule has 0 unspecified atom stereocenters. The molecule has 0 fully saturated rings. The quantitative estimate of drug-likeness (QED) is 0.886. The van der Waals surface area contributed by atoms with Crippen molar-refractivity contribution in [2.45, 2.75) is 13.8 Å². The second-order valence-electron chi connectivity index (χ2n) is 4.59. The molecule has 0 aliphatic carbocycles. The van der Waals surface area contributed by atoms with Gasteiger partial charge < -0.3 is 15.4 Å². The number of carbonyl (C=O) groups is 1. The van der Waals surface area contributed by atoms with Crippen molar-refractivity contribution in [3.05, 3.63) is 47.8 Å². The molecule has 0 radical (unpaired) electrons. The number of aryl methyl sites for hydroxylation is 1. The molecule has 5 heteroatoms. The monoisotopic (exact) mass is 285 g/mol. The lowest BCUT2D eigenvalue weighted by Crippen LogP contribution is -2.15. The molecule has 0 bridgehead atoms. The van der Waals surface area contributed by atoms with Crippen molar-refractivity contribution in [2.24, 2.45) is 0 Å². The lowest BCUT2D eigenvalue weighted by molar-refractivity contribution is 0.102. The molecule has 0 aliphatic rings. The van der Waals surface area contributed by atoms with E-state index in [1.165, 1.54) is 0 Å². The first-order valence-electron chi connectivity index (χ1n) is 6.80. The van der Waals surface area contributed by atoms with Gasteiger partial charge in [-0.1, -0.05) is 6.07 Å². The fourth-order valence-electron chi connectivity index (χ4n) is 1.98. The minimum atomic E-state index is -0.202. The first-order valence-corrected chi connectivity index (χ1v) is 6.80. The number of hydrogen-bond donors (Lipinski definition) is 2. The zero-order valence-electron chi connectivity index (χ0n) is 12.4. The van der Waals surface area contributed by atoms with Crippen LogP contribution in [0.4, 0.5) is 11.4 Å². The van der Waals surface area contributed by atoms with Gasteiger partial charge in [-0.2, -0.15) is 0 Å². The molecule has 1 heterocycles. The van der Waals surface area contributed by atoms with Crippen LogP contribution in [0.25, 0.3) is 0 Å². The number of hydrogen-bond acceptors (Lipinski definition) is 4. The largest absolute Gasteiger partial charge is 0.497 e. The molecule has 21 heavy (non-hydrogen) atoms. The number of anilines is 2. The Morgan fingerprint density at radius 3 is 2.86 bits per heavy atom. The van der Waals surface area contributed by atoms with Crippen molar-refractivity contribution in [1.82, 2.24) is 4.98 Å². The third kappa shape index (κ3) is 3.72. The van der Waals surface area contributed by atoms with Crippen LogP contribution in [0.3, 0.4) is 0 Å². The van der Waals surface area contributed by atoms with E-state index >= 15 is 0 Å². The van der Waals surface area contributed by atoms with E-state index in [1.807, 2.05) is 38.1 Å². The molecule has 1 amide bonds. The summed E-state index contributed by atoms with van der Waals surface area (Å²) in [4.78, 5) is 16.6. The molecule has 1 aromatic heterocycles. The number of nitrogens with one attached hydrogen (secondary N) is 2. The van der Waals surface area contributed by atoms with Crippen LogP contribution >= 0.6 is 0 Å². The average Bonchev–Trinajstić information content (AvgIpc) is 2.48. The fraction of sp³-hybridized carbons (Fsp3) is 0.250. The molecule has 5 nitrogen and oxygen atoms in total. The first-order chi connectivity index (χ1) is 10.1. The van der Waals surface area contributed by atoms with Gasteiger partial charge in [0.15, 0.2) is 0 Å². The second-order valence-corrected chi connectivity index (χ2v) is 4.59. The zero-order valence-corrected chi connectivity index (χ0v) is 12.4. The predicted molar refractivity (Wildman–Crippen MR) is 84.1 cm³/mol. The third-order valence-corrected chi connectivity index (χ3v) is 2.98. The lowest BCUT2D eigenvalue weighted by atomic mass is 10.2. The van der Waals surface area contributed by atoms with Crippen molar-refractivity contribution in [3.63, 3.8) is 0 Å². The molecule has 0 spiro atoms. The molecule has 0 saturated heterocycles. The molecular formula is C16H19N3O2. The van der Waals surface area contributed by atoms with E-state index in [0.717, 1.165) is 17.9 Å². The Morgan fingerprint density at radius 1 is 1.33 bits per heavy atom. The van der Waals surface area contributed by atoms with Crippen molar-refractivity contribution >= 4 is 17.3 Å². The number of ether oxygens (including phenoxy) is 1. The average molecular weight is 285 g/mol. The smallest absolute Gasteiger partial charge is 0.259 e. The van der Waals surface area contributed by atoms with Crippen molar-refractivity contribution in [2.75, 3.05) is 24.3 Å². The Bertz CT molecular complexity index is 641. The molecular weight excluding hydrogens is 266 g/mol. The molecule has 2 N–H and O–H groups in total. The number of aromatic nitrogens is 1. The minimum absolute atomic E-state index is 0.202. The fourth-order valence-corrected chi connectivity index (χ4v) is 1.98. The summed E-state index contributed by atoms with van der Waals surface area (Å²) >= 11 is 0. The van der Waals surface area contributed by atoms with Gasteiger partial charge in [0.05, 0.1) is 18.4 Å². The number of benzene rings is 1. The highest BCUT2D eigenvalue weighted by Gasteiger charge is 2.12. The highest BCUT2D eigenvalue weighted by Crippen LogP contribution is 2.20. The number of amides is 1. The van der Waals surface area contributed by atoms with Crippen LogP contribution in [0.1, 0.15) is 23.0 Å². The highest BCUT2D eigenvalue weighted by molar-refractivity contribution is 6.07. The number of pyridine rings is 1. The van der Waals surface area contributed by atoms with Crippen LogP contribution in [0.5, 0.6) is 5.75 Å². The Balaban J connectivity index is 2.23. The summed E-state index contributed by atoms with van der Waals surface area (Å²) < 4.78 is 5.14. The van der Waals surface area contributed by atoms with Crippen molar-refractivity contribution in [3.8, 4) is 5.75 Å². The van der Waals surface area contributed by atoms with E-state index < -0.39 is 0 Å². The molecule has 2 aromatic rings. The number of carbonyl (C=O) groups excluding carboxylic acids is 1. The van der Waals surface area contributed by atoms with Gasteiger partial charge in [-0.15, -0.1) is 0 Å². The molecule has 0 aliphatic heterocycles. The molecule has 2 rings (SSSR count). The van der Waals surface area contributed by atoms with E-state index in [9.17, 15) is 4.79 Å². The predicted octanol–water partition coefficient (Wildman–Crippen LogP) is 3.08. The summed E-state index contributed by atoms with van der Waals surface area (Å²) in [6, 6.07) is 9.10. The summed E-state index contributed by atoms with van der Waals surface area (Å²) in [5.41, 5.74) is 2.85. The van der Waals surface area contributed by atoms with Crippen LogP contribution in [-0.4, -0.2) is 24.5 Å². The molecule has 110 valence electrons. The summed E-state index contributed by atoms with van der Waals surface area (Å²) in [6.45, 7) is 4.62. The maximum atomic E-state index is 12.4. The van der Waals surface area contributed by atoms with E-state index in [2.05, 4.69) is 15.6 Å². The van der Waals surface area contributed by atoms with Crippen LogP contribution in [0.2, 0.25) is 0 Å². The normalized spacial score (nSPS) is 10.0. The molecule has 0 atom stereocenters. The van der Waals surface area contributed by atoms with Crippen molar-refractivity contribution < 1.29 is 9.53 Å². The Morgan fingerprint density at radius 2 is 2.14 bits per heavy atom. The van der Waals surface area contributed by atoms with Gasteiger partial charge in [0.25, 0.3) is 5.91 Å². The van der Waals surface area contributed by atoms with Gasteiger partial charge in [0.1, 0.15) is 5.75 Å². The number of nitrogens with zero attached hydrogens (tertiary/aromatic N) is 1. The van der Waals surface area contributed by atoms with Gasteiger partial charge in [-0.05, 0) is 32.0 Å². The first kappa shape index (κ1) is 14.8. The third-order valence-electron chi connectivity index (χ3n) is 2.98. The van der Waals surface area contributed by atoms with Crippen LogP contribution < -0.4 is 15.4 Å². The van der Waals surface area contributed by atoms with E-state index in [1.54, 1.807) is 19.4 Å². The zero-order chi connectivity index (χ0) is 15.2. The summed E-state index contributed by atoms with van der Waals surface area (Å²) in [5.74, 6) is 0.494. The van der Waals surface area contributed by atoms with Crippen molar-refractivity contribution in [1.29, 1.82) is 0 Å². The van der Waals surface area contributed by atoms with Gasteiger partial charge in [0, 0.05) is 30.2 Å². The van der Waals surface area contributed by atoms with Gasteiger partial charge >= 0.3 is 0 Å². The van der Waals surface area contributed by atoms with E-state index in [4.69, 9.17) is 4.74 Å². The van der Waals surface area contributed by atoms with Crippen LogP contribution in [-0.2, 0) is 0 Å². The number of methoxy groups -OCH3 is 1. The highest BCUT2D eigenvalue weighted by atomic mass is 16.5. The lowest BCUT2D eigenvalue weighted by Gasteiger charge is -2.12.